The number of hydrogen-bond donors (Lipinski definition) is 2. The molecule has 0 saturated carbocycles. The van der Waals surface area contributed by atoms with Gasteiger partial charge >= 0.3 is 0 Å². The van der Waals surface area contributed by atoms with Crippen molar-refractivity contribution >= 4 is 24.1 Å². The first-order valence-electron chi connectivity index (χ1n) is 7.98. The molecule has 0 aliphatic rings. The Balaban J connectivity index is 0.00000529. The molecule has 0 spiro atoms. The number of amides is 1. The highest BCUT2D eigenvalue weighted by Crippen LogP contribution is 2.16. The van der Waals surface area contributed by atoms with Gasteiger partial charge in [-0.3, -0.25) is 9.59 Å². The number of ketones is 1. The molecule has 1 unspecified atom stereocenters. The predicted octanol–water partition coefficient (Wildman–Crippen LogP) is 2.96. The number of methoxy groups -OCH3 is 1. The molecule has 136 valence electrons. The van der Waals surface area contributed by atoms with E-state index < -0.39 is 5.54 Å². The summed E-state index contributed by atoms with van der Waals surface area (Å²) in [7, 11) is 1.58. The minimum Gasteiger partial charge on any atom is -0.497 e. The molecule has 1 aromatic rings. The minimum atomic E-state index is -0.422. The number of nitrogens with one attached hydrogen (secondary N) is 1. The molecule has 0 aliphatic carbocycles. The summed E-state index contributed by atoms with van der Waals surface area (Å²) in [6.07, 6.45) is 1.15. The molecule has 1 amide bonds. The van der Waals surface area contributed by atoms with E-state index in [4.69, 9.17) is 10.5 Å². The van der Waals surface area contributed by atoms with Crippen LogP contribution in [0.4, 0.5) is 0 Å². The molecule has 0 aromatic heterocycles. The zero-order valence-electron chi connectivity index (χ0n) is 14.9. The smallest absolute Gasteiger partial charge is 0.220 e. The number of carbonyl (C=O) groups is 2. The number of hydrogen-bond acceptors (Lipinski definition) is 4. The van der Waals surface area contributed by atoms with Gasteiger partial charge in [-0.05, 0) is 43.5 Å². The normalized spacial score (nSPS) is 12.9. The summed E-state index contributed by atoms with van der Waals surface area (Å²) in [6.45, 7) is 6.50. The van der Waals surface area contributed by atoms with Crippen molar-refractivity contribution in [1.82, 2.24) is 5.32 Å². The van der Waals surface area contributed by atoms with Crippen LogP contribution in [0.15, 0.2) is 24.3 Å². The summed E-state index contributed by atoms with van der Waals surface area (Å²) in [6, 6.07) is 6.90. The van der Waals surface area contributed by atoms with Crippen LogP contribution < -0.4 is 15.8 Å². The molecular formula is C18H29ClN2O3. The Morgan fingerprint density at radius 1 is 1.21 bits per heavy atom. The first kappa shape index (κ1) is 22.4. The maximum absolute atomic E-state index is 12.1. The Morgan fingerprint density at radius 3 is 2.25 bits per heavy atom. The van der Waals surface area contributed by atoms with Crippen molar-refractivity contribution in [2.24, 2.45) is 11.7 Å². The van der Waals surface area contributed by atoms with Crippen molar-refractivity contribution in [2.75, 3.05) is 13.7 Å². The molecule has 6 heteroatoms. The highest BCUT2D eigenvalue weighted by molar-refractivity contribution is 5.98. The molecule has 3 N–H and O–H groups in total. The number of benzene rings is 1. The van der Waals surface area contributed by atoms with Gasteiger partial charge in [-0.1, -0.05) is 13.8 Å². The molecular weight excluding hydrogens is 328 g/mol. The number of Topliss-reactive ketones (excluding diaryl/α,β-unsaturated/α-hetero) is 1. The van der Waals surface area contributed by atoms with Gasteiger partial charge in [-0.2, -0.15) is 0 Å². The van der Waals surface area contributed by atoms with Crippen molar-refractivity contribution in [1.29, 1.82) is 0 Å². The van der Waals surface area contributed by atoms with Gasteiger partial charge in [0.15, 0.2) is 5.78 Å². The second kappa shape index (κ2) is 10.3. The largest absolute Gasteiger partial charge is 0.497 e. The Bertz CT molecular complexity index is 532. The molecule has 5 nitrogen and oxygen atoms in total. The van der Waals surface area contributed by atoms with Gasteiger partial charge in [-0.25, -0.2) is 0 Å². The second-order valence-electron chi connectivity index (χ2n) is 6.56. The third kappa shape index (κ3) is 7.32. The summed E-state index contributed by atoms with van der Waals surface area (Å²) in [5.74, 6) is 0.943. The molecule has 0 aliphatic heterocycles. The van der Waals surface area contributed by atoms with Crippen LogP contribution in [0.5, 0.6) is 5.75 Å². The Kier molecular flexibility index (Phi) is 9.63. The summed E-state index contributed by atoms with van der Waals surface area (Å²) >= 11 is 0. The maximum atomic E-state index is 12.1. The Labute approximate surface area is 150 Å². The van der Waals surface area contributed by atoms with Crippen molar-refractivity contribution in [3.63, 3.8) is 0 Å². The first-order valence-corrected chi connectivity index (χ1v) is 7.98. The molecule has 1 rings (SSSR count). The number of nitrogens with two attached hydrogens (primary N) is 1. The van der Waals surface area contributed by atoms with Gasteiger partial charge in [0.05, 0.1) is 7.11 Å². The van der Waals surface area contributed by atoms with E-state index in [0.717, 1.165) is 6.42 Å². The van der Waals surface area contributed by atoms with Crippen LogP contribution in [0.1, 0.15) is 50.4 Å². The van der Waals surface area contributed by atoms with E-state index in [1.54, 1.807) is 31.4 Å². The van der Waals surface area contributed by atoms with Crippen molar-refractivity contribution in [2.45, 2.75) is 45.6 Å². The summed E-state index contributed by atoms with van der Waals surface area (Å²) in [4.78, 5) is 24.2. The number of carbonyl (C=O) groups excluding carboxylic acids is 2. The van der Waals surface area contributed by atoms with Crippen LogP contribution in [-0.2, 0) is 4.79 Å². The van der Waals surface area contributed by atoms with E-state index >= 15 is 0 Å². The SMILES string of the molecule is COc1ccc(C(=O)CCC(=O)NC(C)(CN)CC(C)C)cc1.Cl. The van der Waals surface area contributed by atoms with E-state index in [9.17, 15) is 9.59 Å². The van der Waals surface area contributed by atoms with Crippen LogP contribution in [0.25, 0.3) is 0 Å². The number of halogens is 1. The van der Waals surface area contributed by atoms with Crippen LogP contribution in [0, 0.1) is 5.92 Å². The molecule has 1 atom stereocenters. The summed E-state index contributed by atoms with van der Waals surface area (Å²) < 4.78 is 5.06. The highest BCUT2D eigenvalue weighted by Gasteiger charge is 2.25. The third-order valence-corrected chi connectivity index (χ3v) is 3.74. The van der Waals surface area contributed by atoms with Crippen LogP contribution in [0.3, 0.4) is 0 Å². The average Bonchev–Trinajstić information content (AvgIpc) is 2.51. The molecule has 0 saturated heterocycles. The monoisotopic (exact) mass is 356 g/mol. The molecule has 0 radical (unpaired) electrons. The fraction of sp³-hybridized carbons (Fsp3) is 0.556. The van der Waals surface area contributed by atoms with E-state index in [1.165, 1.54) is 0 Å². The molecule has 0 fully saturated rings. The van der Waals surface area contributed by atoms with Crippen LogP contribution in [0.2, 0.25) is 0 Å². The summed E-state index contributed by atoms with van der Waals surface area (Å²) in [5, 5.41) is 2.96. The third-order valence-electron chi connectivity index (χ3n) is 3.74. The maximum Gasteiger partial charge on any atom is 0.220 e. The average molecular weight is 357 g/mol. The topological polar surface area (TPSA) is 81.4 Å². The lowest BCUT2D eigenvalue weighted by atomic mass is 9.90. The van der Waals surface area contributed by atoms with Crippen molar-refractivity contribution in [3.05, 3.63) is 29.8 Å². The lowest BCUT2D eigenvalue weighted by Gasteiger charge is -2.31. The lowest BCUT2D eigenvalue weighted by molar-refractivity contribution is -0.122. The highest BCUT2D eigenvalue weighted by atomic mass is 35.5. The lowest BCUT2D eigenvalue weighted by Crippen LogP contribution is -2.52. The Hall–Kier alpha value is -1.59. The van der Waals surface area contributed by atoms with Crippen LogP contribution >= 0.6 is 12.4 Å². The van der Waals surface area contributed by atoms with Gasteiger partial charge in [0.1, 0.15) is 5.75 Å². The van der Waals surface area contributed by atoms with Crippen molar-refractivity contribution in [3.8, 4) is 5.75 Å². The number of ether oxygens (including phenoxy) is 1. The summed E-state index contributed by atoms with van der Waals surface area (Å²) in [5.41, 5.74) is 5.95. The van der Waals surface area contributed by atoms with Gasteiger partial charge in [0.2, 0.25) is 5.91 Å². The zero-order valence-corrected chi connectivity index (χ0v) is 15.7. The molecule has 0 bridgehead atoms. The van der Waals surface area contributed by atoms with Gasteiger partial charge < -0.3 is 15.8 Å². The second-order valence-corrected chi connectivity index (χ2v) is 6.56. The first-order chi connectivity index (χ1) is 10.8. The standard InChI is InChI=1S/C18H28N2O3.ClH/c1-13(2)11-18(3,12-19)20-17(22)10-9-16(21)14-5-7-15(23-4)8-6-14;/h5-8,13H,9-12,19H2,1-4H3,(H,20,22);1H. The molecule has 0 heterocycles. The minimum absolute atomic E-state index is 0. The van der Waals surface area contributed by atoms with Gasteiger partial charge in [0.25, 0.3) is 0 Å². The van der Waals surface area contributed by atoms with E-state index in [0.29, 0.717) is 23.8 Å². The fourth-order valence-electron chi connectivity index (χ4n) is 2.63. The Morgan fingerprint density at radius 2 is 1.79 bits per heavy atom. The zero-order chi connectivity index (χ0) is 17.5. The molecule has 24 heavy (non-hydrogen) atoms. The molecule has 1 aromatic carbocycles. The van der Waals surface area contributed by atoms with E-state index in [-0.39, 0.29) is 36.9 Å². The quantitative estimate of drug-likeness (QED) is 0.666. The number of rotatable bonds is 9. The van der Waals surface area contributed by atoms with E-state index in [1.807, 2.05) is 6.92 Å². The van der Waals surface area contributed by atoms with Crippen LogP contribution in [-0.4, -0.2) is 30.9 Å². The predicted molar refractivity (Wildman–Crippen MR) is 98.9 cm³/mol. The van der Waals surface area contributed by atoms with Gasteiger partial charge in [-0.15, -0.1) is 12.4 Å². The van der Waals surface area contributed by atoms with E-state index in [2.05, 4.69) is 19.2 Å². The van der Waals surface area contributed by atoms with Gasteiger partial charge in [0, 0.05) is 30.5 Å². The fourth-order valence-corrected chi connectivity index (χ4v) is 2.63. The van der Waals surface area contributed by atoms with Crippen molar-refractivity contribution < 1.29 is 14.3 Å².